The summed E-state index contributed by atoms with van der Waals surface area (Å²) in [6, 6.07) is 11.2. The maximum absolute atomic E-state index is 12.0. The number of thiazole rings is 1. The molecule has 0 aliphatic heterocycles. The molecule has 6 heteroatoms. The molecule has 1 N–H and O–H groups in total. The SMILES string of the molecule is Cc1ccc2nc(NC(=O)C=Cc3ccc(Cl)c(Cl)c3)sc2c1. The van der Waals surface area contributed by atoms with Gasteiger partial charge in [-0.15, -0.1) is 0 Å². The van der Waals surface area contributed by atoms with Crippen LogP contribution in [-0.4, -0.2) is 10.9 Å². The number of hydrogen-bond acceptors (Lipinski definition) is 3. The molecule has 0 fully saturated rings. The molecular formula is C17H12Cl2N2OS. The van der Waals surface area contributed by atoms with E-state index in [-0.39, 0.29) is 5.91 Å². The van der Waals surface area contributed by atoms with Gasteiger partial charge in [-0.25, -0.2) is 4.98 Å². The molecule has 1 heterocycles. The Balaban J connectivity index is 1.72. The molecule has 0 aliphatic carbocycles. The van der Waals surface area contributed by atoms with Gasteiger partial charge in [-0.05, 0) is 48.4 Å². The summed E-state index contributed by atoms with van der Waals surface area (Å²) in [7, 11) is 0. The Labute approximate surface area is 147 Å². The van der Waals surface area contributed by atoms with Crippen LogP contribution in [0.5, 0.6) is 0 Å². The monoisotopic (exact) mass is 362 g/mol. The van der Waals surface area contributed by atoms with Crippen molar-refractivity contribution >= 4 is 61.9 Å². The van der Waals surface area contributed by atoms with Crippen molar-refractivity contribution in [1.29, 1.82) is 0 Å². The van der Waals surface area contributed by atoms with Gasteiger partial charge in [0.15, 0.2) is 5.13 Å². The molecule has 0 aliphatic rings. The quantitative estimate of drug-likeness (QED) is 0.619. The van der Waals surface area contributed by atoms with Crippen LogP contribution in [0, 0.1) is 6.92 Å². The Bertz CT molecular complexity index is 918. The van der Waals surface area contributed by atoms with Crippen LogP contribution in [0.1, 0.15) is 11.1 Å². The molecule has 1 aromatic heterocycles. The topological polar surface area (TPSA) is 42.0 Å². The van der Waals surface area contributed by atoms with E-state index < -0.39 is 0 Å². The van der Waals surface area contributed by atoms with Gasteiger partial charge in [-0.1, -0.05) is 46.7 Å². The van der Waals surface area contributed by atoms with Crippen molar-refractivity contribution in [3.63, 3.8) is 0 Å². The van der Waals surface area contributed by atoms with Crippen molar-refractivity contribution in [2.24, 2.45) is 0 Å². The summed E-state index contributed by atoms with van der Waals surface area (Å²) in [5, 5.41) is 4.29. The first-order chi connectivity index (χ1) is 11.0. The number of fused-ring (bicyclic) bond motifs is 1. The molecule has 0 spiro atoms. The standard InChI is InChI=1S/C17H12Cl2N2OS/c1-10-2-6-14-15(8-10)23-17(20-14)21-16(22)7-4-11-3-5-12(18)13(19)9-11/h2-9H,1H3,(H,20,21,22). The number of halogens is 2. The molecule has 0 bridgehead atoms. The number of rotatable bonds is 3. The van der Waals surface area contributed by atoms with E-state index >= 15 is 0 Å². The number of hydrogen-bond donors (Lipinski definition) is 1. The average molecular weight is 363 g/mol. The van der Waals surface area contributed by atoms with Gasteiger partial charge in [-0.3, -0.25) is 10.1 Å². The molecular weight excluding hydrogens is 351 g/mol. The summed E-state index contributed by atoms with van der Waals surface area (Å²) in [5.41, 5.74) is 2.84. The van der Waals surface area contributed by atoms with E-state index in [0.717, 1.165) is 15.8 Å². The second kappa shape index (κ2) is 6.71. The first-order valence-electron chi connectivity index (χ1n) is 6.82. The summed E-state index contributed by atoms with van der Waals surface area (Å²) < 4.78 is 1.05. The van der Waals surface area contributed by atoms with Crippen LogP contribution < -0.4 is 5.32 Å². The third kappa shape index (κ3) is 3.91. The first-order valence-corrected chi connectivity index (χ1v) is 8.40. The Hall–Kier alpha value is -1.88. The Morgan fingerprint density at radius 2 is 2.00 bits per heavy atom. The largest absolute Gasteiger partial charge is 0.298 e. The molecule has 0 saturated heterocycles. The number of nitrogens with zero attached hydrogens (tertiary/aromatic N) is 1. The Morgan fingerprint density at radius 1 is 1.17 bits per heavy atom. The lowest BCUT2D eigenvalue weighted by Gasteiger charge is -1.98. The summed E-state index contributed by atoms with van der Waals surface area (Å²) in [6.45, 7) is 2.03. The minimum Gasteiger partial charge on any atom is -0.298 e. The number of aryl methyl sites for hydroxylation is 1. The molecule has 3 nitrogen and oxygen atoms in total. The summed E-state index contributed by atoms with van der Waals surface area (Å²) in [4.78, 5) is 16.4. The van der Waals surface area contributed by atoms with E-state index in [9.17, 15) is 4.79 Å². The van der Waals surface area contributed by atoms with Gasteiger partial charge in [0.05, 0.1) is 20.3 Å². The van der Waals surface area contributed by atoms with Crippen LogP contribution in [0.4, 0.5) is 5.13 Å². The molecule has 116 valence electrons. The zero-order valence-corrected chi connectivity index (χ0v) is 14.5. The van der Waals surface area contributed by atoms with Crippen molar-refractivity contribution in [2.45, 2.75) is 6.92 Å². The van der Waals surface area contributed by atoms with Crippen LogP contribution >= 0.6 is 34.5 Å². The maximum Gasteiger partial charge on any atom is 0.250 e. The molecule has 0 unspecified atom stereocenters. The molecule has 3 rings (SSSR count). The predicted molar refractivity (Wildman–Crippen MR) is 98.5 cm³/mol. The minimum atomic E-state index is -0.244. The summed E-state index contributed by atoms with van der Waals surface area (Å²) in [5.74, 6) is -0.244. The third-order valence-electron chi connectivity index (χ3n) is 3.14. The van der Waals surface area contributed by atoms with E-state index in [0.29, 0.717) is 15.2 Å². The van der Waals surface area contributed by atoms with Crippen LogP contribution in [0.3, 0.4) is 0 Å². The van der Waals surface area contributed by atoms with Gasteiger partial charge in [0.25, 0.3) is 0 Å². The van der Waals surface area contributed by atoms with Gasteiger partial charge in [-0.2, -0.15) is 0 Å². The Kier molecular flexibility index (Phi) is 4.66. The van der Waals surface area contributed by atoms with Gasteiger partial charge in [0.1, 0.15) is 0 Å². The molecule has 3 aromatic rings. The van der Waals surface area contributed by atoms with E-state index in [1.807, 2.05) is 25.1 Å². The summed E-state index contributed by atoms with van der Waals surface area (Å²) in [6.07, 6.45) is 3.12. The van der Waals surface area contributed by atoms with E-state index in [1.165, 1.54) is 23.0 Å². The highest BCUT2D eigenvalue weighted by Gasteiger charge is 2.06. The van der Waals surface area contributed by atoms with E-state index in [2.05, 4.69) is 10.3 Å². The second-order valence-electron chi connectivity index (χ2n) is 4.99. The number of anilines is 1. The zero-order chi connectivity index (χ0) is 16.4. The van der Waals surface area contributed by atoms with Crippen molar-refractivity contribution in [2.75, 3.05) is 5.32 Å². The van der Waals surface area contributed by atoms with Crippen molar-refractivity contribution in [1.82, 2.24) is 4.98 Å². The molecule has 0 saturated carbocycles. The lowest BCUT2D eigenvalue weighted by Crippen LogP contribution is -2.07. The zero-order valence-electron chi connectivity index (χ0n) is 12.1. The smallest absolute Gasteiger partial charge is 0.250 e. The van der Waals surface area contributed by atoms with Crippen molar-refractivity contribution < 1.29 is 4.79 Å². The van der Waals surface area contributed by atoms with Crippen molar-refractivity contribution in [3.8, 4) is 0 Å². The fourth-order valence-corrected chi connectivity index (χ4v) is 3.29. The lowest BCUT2D eigenvalue weighted by molar-refractivity contribution is -0.111. The number of aromatic nitrogens is 1. The van der Waals surface area contributed by atoms with Crippen molar-refractivity contribution in [3.05, 3.63) is 63.6 Å². The minimum absolute atomic E-state index is 0.244. The van der Waals surface area contributed by atoms with Crippen LogP contribution in [0.25, 0.3) is 16.3 Å². The van der Waals surface area contributed by atoms with Gasteiger partial charge in [0, 0.05) is 6.08 Å². The van der Waals surface area contributed by atoms with Gasteiger partial charge >= 0.3 is 0 Å². The van der Waals surface area contributed by atoms with Crippen LogP contribution in [0.2, 0.25) is 10.0 Å². The highest BCUT2D eigenvalue weighted by Crippen LogP contribution is 2.27. The fourth-order valence-electron chi connectivity index (χ4n) is 2.02. The predicted octanol–water partition coefficient (Wildman–Crippen LogP) is 5.56. The van der Waals surface area contributed by atoms with Gasteiger partial charge < -0.3 is 0 Å². The number of nitrogens with one attached hydrogen (secondary N) is 1. The Morgan fingerprint density at radius 3 is 2.78 bits per heavy atom. The number of amides is 1. The molecule has 2 aromatic carbocycles. The van der Waals surface area contributed by atoms with Crippen LogP contribution in [-0.2, 0) is 4.79 Å². The van der Waals surface area contributed by atoms with Crippen LogP contribution in [0.15, 0.2) is 42.5 Å². The van der Waals surface area contributed by atoms with Gasteiger partial charge in [0.2, 0.25) is 5.91 Å². The highest BCUT2D eigenvalue weighted by atomic mass is 35.5. The van der Waals surface area contributed by atoms with E-state index in [4.69, 9.17) is 23.2 Å². The third-order valence-corrected chi connectivity index (χ3v) is 4.82. The molecule has 0 radical (unpaired) electrons. The average Bonchev–Trinajstić information content (AvgIpc) is 2.89. The summed E-state index contributed by atoms with van der Waals surface area (Å²) >= 11 is 13.3. The number of carbonyl (C=O) groups excluding carboxylic acids is 1. The lowest BCUT2D eigenvalue weighted by atomic mass is 10.2. The number of carbonyl (C=O) groups is 1. The molecule has 23 heavy (non-hydrogen) atoms. The fraction of sp³-hybridized carbons (Fsp3) is 0.0588. The van der Waals surface area contributed by atoms with E-state index in [1.54, 1.807) is 24.3 Å². The highest BCUT2D eigenvalue weighted by molar-refractivity contribution is 7.22. The maximum atomic E-state index is 12.0. The molecule has 1 amide bonds. The second-order valence-corrected chi connectivity index (χ2v) is 6.83. The first kappa shape index (κ1) is 16.0. The number of benzene rings is 2. The molecule has 0 atom stereocenters. The normalized spacial score (nSPS) is 11.3.